The van der Waals surface area contributed by atoms with Gasteiger partial charge in [-0.15, -0.1) is 6.58 Å². The van der Waals surface area contributed by atoms with Gasteiger partial charge in [-0.2, -0.15) is 26.3 Å². The van der Waals surface area contributed by atoms with Crippen LogP contribution in [0.15, 0.2) is 61.2 Å². The summed E-state index contributed by atoms with van der Waals surface area (Å²) in [5, 5.41) is 0. The third kappa shape index (κ3) is 4.88. The molecule has 0 saturated heterocycles. The molecule has 0 aliphatic heterocycles. The van der Waals surface area contributed by atoms with E-state index in [1.807, 2.05) is 0 Å². The lowest BCUT2D eigenvalue weighted by molar-refractivity contribution is -0.143. The monoisotopic (exact) mass is 346 g/mol. The van der Waals surface area contributed by atoms with Crippen LogP contribution in [0.2, 0.25) is 0 Å². The first-order chi connectivity index (χ1) is 11.0. The van der Waals surface area contributed by atoms with Crippen molar-refractivity contribution in [2.75, 3.05) is 0 Å². The van der Waals surface area contributed by atoms with E-state index < -0.39 is 23.5 Å². The third-order valence-corrected chi connectivity index (χ3v) is 3.17. The Balaban J connectivity index is 3.65. The molecule has 0 aliphatic rings. The van der Waals surface area contributed by atoms with Crippen molar-refractivity contribution in [1.82, 2.24) is 0 Å². The molecule has 0 atom stereocenters. The number of hydrogen-bond donors (Lipinski definition) is 0. The molecule has 1 aromatic carbocycles. The lowest BCUT2D eigenvalue weighted by Crippen LogP contribution is -2.13. The minimum absolute atomic E-state index is 0.119. The fraction of sp³-hybridized carbons (Fsp3) is 0.222. The highest BCUT2D eigenvalue weighted by atomic mass is 19.4. The third-order valence-electron chi connectivity index (χ3n) is 3.17. The molecule has 24 heavy (non-hydrogen) atoms. The largest absolute Gasteiger partial charge is 0.417 e. The van der Waals surface area contributed by atoms with Crippen LogP contribution >= 0.6 is 0 Å². The molecular weight excluding hydrogens is 330 g/mol. The van der Waals surface area contributed by atoms with E-state index in [0.29, 0.717) is 11.6 Å². The van der Waals surface area contributed by atoms with Crippen LogP contribution in [0, 0.1) is 0 Å². The summed E-state index contributed by atoms with van der Waals surface area (Å²) < 4.78 is 78.1. The highest BCUT2D eigenvalue weighted by Gasteiger charge is 2.38. The van der Waals surface area contributed by atoms with Crippen molar-refractivity contribution in [2.45, 2.75) is 25.7 Å². The number of hydrogen-bond acceptors (Lipinski definition) is 0. The Morgan fingerprint density at radius 1 is 1.08 bits per heavy atom. The number of allylic oxidation sites excluding steroid dienone is 6. The van der Waals surface area contributed by atoms with E-state index in [1.165, 1.54) is 18.2 Å². The topological polar surface area (TPSA) is 0 Å². The van der Waals surface area contributed by atoms with Crippen molar-refractivity contribution in [3.63, 3.8) is 0 Å². The molecule has 0 bridgehead atoms. The zero-order valence-electron chi connectivity index (χ0n) is 12.9. The Morgan fingerprint density at radius 2 is 1.71 bits per heavy atom. The second-order valence-electron chi connectivity index (χ2n) is 4.96. The van der Waals surface area contributed by atoms with Gasteiger partial charge in [-0.05, 0) is 42.2 Å². The van der Waals surface area contributed by atoms with E-state index in [1.54, 1.807) is 13.0 Å². The summed E-state index contributed by atoms with van der Waals surface area (Å²) in [6.45, 7) is 8.87. The predicted molar refractivity (Wildman–Crippen MR) is 83.2 cm³/mol. The first-order valence-electron chi connectivity index (χ1n) is 6.93. The van der Waals surface area contributed by atoms with Gasteiger partial charge in [0.2, 0.25) is 0 Å². The number of rotatable bonds is 5. The molecule has 0 radical (unpaired) electrons. The molecule has 0 unspecified atom stereocenters. The van der Waals surface area contributed by atoms with Crippen molar-refractivity contribution < 1.29 is 26.3 Å². The molecule has 130 valence electrons. The minimum Gasteiger partial charge on any atom is -0.166 e. The summed E-state index contributed by atoms with van der Waals surface area (Å²) in [6, 6.07) is 1.59. The van der Waals surface area contributed by atoms with Gasteiger partial charge in [0.05, 0.1) is 11.1 Å². The van der Waals surface area contributed by atoms with Crippen LogP contribution < -0.4 is 0 Å². The molecule has 0 saturated carbocycles. The average molecular weight is 346 g/mol. The molecule has 1 rings (SSSR count). The summed E-state index contributed by atoms with van der Waals surface area (Å²) in [7, 11) is 0. The van der Waals surface area contributed by atoms with E-state index in [2.05, 4.69) is 13.2 Å². The molecule has 0 fully saturated rings. The van der Waals surface area contributed by atoms with Gasteiger partial charge in [-0.1, -0.05) is 36.9 Å². The molecular formula is C18H16F6. The fourth-order valence-corrected chi connectivity index (χ4v) is 2.06. The van der Waals surface area contributed by atoms with Crippen molar-refractivity contribution in [3.05, 3.63) is 77.9 Å². The van der Waals surface area contributed by atoms with E-state index in [-0.39, 0.29) is 23.6 Å². The highest BCUT2D eigenvalue weighted by molar-refractivity contribution is 5.82. The van der Waals surface area contributed by atoms with Crippen molar-refractivity contribution in [3.8, 4) is 0 Å². The zero-order chi connectivity index (χ0) is 18.5. The van der Waals surface area contributed by atoms with Gasteiger partial charge < -0.3 is 0 Å². The SMILES string of the molecule is C=CCC(=C)/C(=C\C=C/C)c1ccc(C(F)(F)F)cc1C(F)(F)F. The summed E-state index contributed by atoms with van der Waals surface area (Å²) in [4.78, 5) is 0. The minimum atomic E-state index is -4.93. The normalized spacial score (nSPS) is 13.4. The zero-order valence-corrected chi connectivity index (χ0v) is 12.9. The van der Waals surface area contributed by atoms with E-state index in [9.17, 15) is 26.3 Å². The Morgan fingerprint density at radius 3 is 2.17 bits per heavy atom. The van der Waals surface area contributed by atoms with Crippen molar-refractivity contribution >= 4 is 5.57 Å². The molecule has 6 heteroatoms. The average Bonchev–Trinajstić information content (AvgIpc) is 2.46. The van der Waals surface area contributed by atoms with Gasteiger partial charge in [0.1, 0.15) is 0 Å². The van der Waals surface area contributed by atoms with E-state index in [0.717, 1.165) is 6.07 Å². The Kier molecular flexibility index (Phi) is 6.23. The number of alkyl halides is 6. The smallest absolute Gasteiger partial charge is 0.166 e. The van der Waals surface area contributed by atoms with Gasteiger partial charge >= 0.3 is 12.4 Å². The maximum absolute atomic E-state index is 13.3. The first kappa shape index (κ1) is 19.8. The quantitative estimate of drug-likeness (QED) is 0.312. The first-order valence-corrected chi connectivity index (χ1v) is 6.93. The number of benzene rings is 1. The van der Waals surface area contributed by atoms with Crippen molar-refractivity contribution in [1.29, 1.82) is 0 Å². The molecule has 0 aliphatic carbocycles. The van der Waals surface area contributed by atoms with Gasteiger partial charge in [0, 0.05) is 0 Å². The van der Waals surface area contributed by atoms with Crippen LogP contribution in [0.1, 0.15) is 30.0 Å². The molecule has 0 amide bonds. The van der Waals surface area contributed by atoms with Crippen LogP contribution in [0.25, 0.3) is 5.57 Å². The maximum atomic E-state index is 13.3. The summed E-state index contributed by atoms with van der Waals surface area (Å²) in [5.41, 5.74) is -2.60. The van der Waals surface area contributed by atoms with Crippen LogP contribution in [-0.4, -0.2) is 0 Å². The molecule has 1 aromatic rings. The number of halogens is 6. The van der Waals surface area contributed by atoms with Crippen LogP contribution in [0.4, 0.5) is 26.3 Å². The molecule has 0 spiro atoms. The molecule has 0 aromatic heterocycles. The van der Waals surface area contributed by atoms with Gasteiger partial charge in [0.25, 0.3) is 0 Å². The summed E-state index contributed by atoms with van der Waals surface area (Å²) >= 11 is 0. The van der Waals surface area contributed by atoms with Gasteiger partial charge in [0.15, 0.2) is 0 Å². The van der Waals surface area contributed by atoms with Gasteiger partial charge in [-0.25, -0.2) is 0 Å². The van der Waals surface area contributed by atoms with Crippen molar-refractivity contribution in [2.24, 2.45) is 0 Å². The second kappa shape index (κ2) is 7.55. The standard InChI is InChI=1S/C18H16F6/c1-4-6-8-14(12(3)7-5-2)15-10-9-13(17(19,20)21)11-16(15)18(22,23)24/h4-6,8-11H,2-3,7H2,1H3/b6-4-,14-8+. The van der Waals surface area contributed by atoms with Crippen LogP contribution in [-0.2, 0) is 12.4 Å². The summed E-state index contributed by atoms with van der Waals surface area (Å²) in [5.74, 6) is 0. The van der Waals surface area contributed by atoms with Crippen LogP contribution in [0.5, 0.6) is 0 Å². The molecule has 0 N–H and O–H groups in total. The predicted octanol–water partition coefficient (Wildman–Crippen LogP) is 6.82. The molecule has 0 heterocycles. The Hall–Kier alpha value is -2.24. The second-order valence-corrected chi connectivity index (χ2v) is 4.96. The highest BCUT2D eigenvalue weighted by Crippen LogP contribution is 2.41. The van der Waals surface area contributed by atoms with Gasteiger partial charge in [-0.3, -0.25) is 0 Å². The summed E-state index contributed by atoms with van der Waals surface area (Å²) in [6.07, 6.45) is -3.63. The fourth-order valence-electron chi connectivity index (χ4n) is 2.06. The Labute approximate surface area is 136 Å². The Bertz CT molecular complexity index is 672. The maximum Gasteiger partial charge on any atom is 0.417 e. The van der Waals surface area contributed by atoms with E-state index >= 15 is 0 Å². The lowest BCUT2D eigenvalue weighted by atomic mass is 9.91. The molecule has 0 nitrogen and oxygen atoms in total. The lowest BCUT2D eigenvalue weighted by Gasteiger charge is -2.18. The van der Waals surface area contributed by atoms with Crippen LogP contribution in [0.3, 0.4) is 0 Å². The van der Waals surface area contributed by atoms with E-state index in [4.69, 9.17) is 0 Å².